The van der Waals surface area contributed by atoms with Gasteiger partial charge in [0.05, 0.1) is 59.7 Å². The molecule has 3 aliphatic heterocycles. The highest BCUT2D eigenvalue weighted by molar-refractivity contribution is 7.91. The Morgan fingerprint density at radius 1 is 1.09 bits per heavy atom. The Morgan fingerprint density at radius 3 is 2.53 bits per heavy atom. The van der Waals surface area contributed by atoms with Crippen molar-refractivity contribution < 1.29 is 36.6 Å². The smallest absolute Gasteiger partial charge is 0.407 e. The molecule has 2 fully saturated rings. The Bertz CT molecular complexity index is 1580. The molecule has 1 aromatic heterocycles. The molecule has 0 spiro atoms. The maximum Gasteiger partial charge on any atom is 0.407 e. The number of nitrogens with zero attached hydrogens (tertiary/aromatic N) is 2. The van der Waals surface area contributed by atoms with Crippen LogP contribution in [0.4, 0.5) is 14.9 Å². The van der Waals surface area contributed by atoms with Crippen molar-refractivity contribution in [3.05, 3.63) is 40.5 Å². The second-order valence-corrected chi connectivity index (χ2v) is 15.2. The number of alkyl carbamates (subject to hydrolysis) is 1. The Hall–Kier alpha value is -3.20. The van der Waals surface area contributed by atoms with Gasteiger partial charge in [0.1, 0.15) is 11.9 Å². The zero-order chi connectivity index (χ0) is 31.9. The Kier molecular flexibility index (Phi) is 8.85. The molecular weight excluding hydrogens is 605 g/mol. The Balaban J connectivity index is 1.17. The number of aromatic nitrogens is 1. The number of ether oxygens (including phenoxy) is 3. The summed E-state index contributed by atoms with van der Waals surface area (Å²) >= 11 is 0. The fraction of sp³-hybridized carbons (Fsp3) is 0.613. The lowest BCUT2D eigenvalue weighted by molar-refractivity contribution is 0.0372. The molecule has 2 aromatic rings. The molecule has 6 rings (SSSR count). The maximum atomic E-state index is 15.6. The summed E-state index contributed by atoms with van der Waals surface area (Å²) in [5.41, 5.74) is 7.43. The highest BCUT2D eigenvalue weighted by Crippen LogP contribution is 2.44. The average Bonchev–Trinajstić information content (AvgIpc) is 3.53. The summed E-state index contributed by atoms with van der Waals surface area (Å²) in [6.45, 7) is 8.53. The first-order valence-corrected chi connectivity index (χ1v) is 17.3. The number of carbonyl (C=O) groups is 2. The van der Waals surface area contributed by atoms with Gasteiger partial charge in [0.25, 0.3) is 5.91 Å². The molecular formula is C31H42FN5O7S. The van der Waals surface area contributed by atoms with Crippen LogP contribution in [-0.2, 0) is 43.7 Å². The number of carbonyl (C=O) groups excluding carboxylic acids is 2. The van der Waals surface area contributed by atoms with Gasteiger partial charge in [0.15, 0.2) is 9.84 Å². The molecule has 0 unspecified atom stereocenters. The van der Waals surface area contributed by atoms with Gasteiger partial charge in [-0.05, 0) is 49.7 Å². The van der Waals surface area contributed by atoms with E-state index in [9.17, 15) is 18.0 Å². The molecule has 2 amide bonds. The summed E-state index contributed by atoms with van der Waals surface area (Å²) in [4.78, 5) is 27.3. The molecule has 1 aromatic carbocycles. The van der Waals surface area contributed by atoms with Gasteiger partial charge in [-0.15, -0.1) is 0 Å². The molecule has 14 heteroatoms. The van der Waals surface area contributed by atoms with Crippen LogP contribution in [0.3, 0.4) is 0 Å². The van der Waals surface area contributed by atoms with E-state index in [0.29, 0.717) is 74.5 Å². The van der Waals surface area contributed by atoms with E-state index in [1.165, 1.54) is 6.07 Å². The zero-order valence-corrected chi connectivity index (χ0v) is 26.6. The number of nitrogens with one attached hydrogen (secondary N) is 2. The maximum absolute atomic E-state index is 15.6. The quantitative estimate of drug-likeness (QED) is 0.393. The topological polar surface area (TPSA) is 154 Å². The number of rotatable bonds is 8. The summed E-state index contributed by atoms with van der Waals surface area (Å²) in [7, 11) is -3.58. The largest absolute Gasteiger partial charge is 0.446 e. The SMILES string of the molecule is CC1(C)Cc2c(c3c(n2-c2cc(F)c(C(N)=O)c(N[C@H]4CC[C@H](OC(=O)NCCN5CCOCC5)CC4)c2)COC3)S(=O)(=O)C1. The number of hydrogen-bond donors (Lipinski definition) is 3. The summed E-state index contributed by atoms with van der Waals surface area (Å²) in [5, 5.41) is 6.15. The average molecular weight is 648 g/mol. The third-order valence-corrected chi connectivity index (χ3v) is 11.4. The van der Waals surface area contributed by atoms with E-state index in [-0.39, 0.29) is 47.3 Å². The van der Waals surface area contributed by atoms with Crippen molar-refractivity contribution >= 4 is 27.5 Å². The van der Waals surface area contributed by atoms with E-state index in [1.54, 1.807) is 10.6 Å². The van der Waals surface area contributed by atoms with Crippen molar-refractivity contribution in [1.82, 2.24) is 14.8 Å². The third kappa shape index (κ3) is 6.69. The number of anilines is 1. The van der Waals surface area contributed by atoms with Gasteiger partial charge in [-0.2, -0.15) is 0 Å². The first-order chi connectivity index (χ1) is 21.4. The molecule has 246 valence electrons. The van der Waals surface area contributed by atoms with Crippen molar-refractivity contribution in [1.29, 1.82) is 0 Å². The Labute approximate surface area is 262 Å². The summed E-state index contributed by atoms with van der Waals surface area (Å²) in [6.07, 6.45) is 2.26. The monoisotopic (exact) mass is 647 g/mol. The van der Waals surface area contributed by atoms with Gasteiger partial charge >= 0.3 is 6.09 Å². The van der Waals surface area contributed by atoms with Crippen molar-refractivity contribution in [3.63, 3.8) is 0 Å². The molecule has 12 nitrogen and oxygen atoms in total. The molecule has 1 aliphatic carbocycles. The van der Waals surface area contributed by atoms with Crippen LogP contribution in [0.1, 0.15) is 66.8 Å². The van der Waals surface area contributed by atoms with Crippen molar-refractivity contribution in [2.24, 2.45) is 11.1 Å². The number of sulfone groups is 1. The predicted molar refractivity (Wildman–Crippen MR) is 164 cm³/mol. The zero-order valence-electron chi connectivity index (χ0n) is 25.8. The molecule has 4 aliphatic rings. The number of fused-ring (bicyclic) bond motifs is 3. The number of primary amides is 1. The first-order valence-electron chi connectivity index (χ1n) is 15.6. The molecule has 4 N–H and O–H groups in total. The van der Waals surface area contributed by atoms with E-state index < -0.39 is 33.1 Å². The number of benzene rings is 1. The van der Waals surface area contributed by atoms with E-state index in [4.69, 9.17) is 19.9 Å². The van der Waals surface area contributed by atoms with Crippen LogP contribution in [0, 0.1) is 11.2 Å². The fourth-order valence-electron chi connectivity index (χ4n) is 7.15. The van der Waals surface area contributed by atoms with Crippen LogP contribution in [0.25, 0.3) is 5.69 Å². The fourth-order valence-corrected chi connectivity index (χ4v) is 9.50. The second-order valence-electron chi connectivity index (χ2n) is 13.2. The van der Waals surface area contributed by atoms with Crippen molar-refractivity contribution in [2.45, 2.75) is 76.2 Å². The van der Waals surface area contributed by atoms with Crippen LogP contribution < -0.4 is 16.4 Å². The summed E-state index contributed by atoms with van der Waals surface area (Å²) < 4.78 is 60.8. The van der Waals surface area contributed by atoms with Gasteiger partial charge in [0, 0.05) is 43.5 Å². The molecule has 0 bridgehead atoms. The summed E-state index contributed by atoms with van der Waals surface area (Å²) in [6, 6.07) is 2.79. The van der Waals surface area contributed by atoms with Crippen LogP contribution in [-0.4, -0.2) is 87.2 Å². The highest BCUT2D eigenvalue weighted by Gasteiger charge is 2.43. The van der Waals surface area contributed by atoms with Crippen LogP contribution in [0.15, 0.2) is 17.0 Å². The van der Waals surface area contributed by atoms with Gasteiger partial charge in [-0.3, -0.25) is 9.69 Å². The molecule has 1 saturated heterocycles. The number of halogens is 1. The lowest BCUT2D eigenvalue weighted by Gasteiger charge is -2.31. The lowest BCUT2D eigenvalue weighted by Crippen LogP contribution is -2.42. The van der Waals surface area contributed by atoms with Crippen LogP contribution >= 0.6 is 0 Å². The molecule has 0 atom stereocenters. The summed E-state index contributed by atoms with van der Waals surface area (Å²) in [5.74, 6) is -1.67. The van der Waals surface area contributed by atoms with Gasteiger partial charge in [-0.1, -0.05) is 13.8 Å². The van der Waals surface area contributed by atoms with Crippen LogP contribution in [0.2, 0.25) is 0 Å². The number of amides is 2. The van der Waals surface area contributed by atoms with E-state index in [1.807, 2.05) is 13.8 Å². The van der Waals surface area contributed by atoms with Gasteiger partial charge in [0.2, 0.25) is 0 Å². The molecule has 45 heavy (non-hydrogen) atoms. The minimum absolute atomic E-state index is 0.0215. The van der Waals surface area contributed by atoms with E-state index in [0.717, 1.165) is 19.6 Å². The standard InChI is InChI=1S/C31H42FN5O7S/c1-31(2)15-25-28(45(40,41)18-31)22-16-43-17-26(22)37(25)20-13-23(32)27(29(33)38)24(14-20)35-19-3-5-21(6-4-19)44-30(39)34-7-8-36-9-11-42-12-10-36/h13-14,19,21,35H,3-12,15-18H2,1-2H3,(H2,33,38)(H,34,39)/t19-,21-. The molecule has 1 saturated carbocycles. The second kappa shape index (κ2) is 12.5. The third-order valence-electron chi connectivity index (χ3n) is 9.14. The minimum atomic E-state index is -3.58. The van der Waals surface area contributed by atoms with Crippen LogP contribution in [0.5, 0.6) is 0 Å². The minimum Gasteiger partial charge on any atom is -0.446 e. The van der Waals surface area contributed by atoms with Gasteiger partial charge < -0.3 is 35.1 Å². The Morgan fingerprint density at radius 2 is 1.82 bits per heavy atom. The van der Waals surface area contributed by atoms with E-state index in [2.05, 4.69) is 15.5 Å². The number of nitrogens with two attached hydrogens (primary N) is 1. The normalized spacial score (nSPS) is 24.0. The lowest BCUT2D eigenvalue weighted by atomic mass is 9.89. The molecule has 0 radical (unpaired) electrons. The number of hydrogen-bond acceptors (Lipinski definition) is 9. The number of morpholine rings is 1. The van der Waals surface area contributed by atoms with Crippen molar-refractivity contribution in [3.8, 4) is 5.69 Å². The highest BCUT2D eigenvalue weighted by atomic mass is 32.2. The molecule has 4 heterocycles. The van der Waals surface area contributed by atoms with E-state index >= 15 is 4.39 Å². The van der Waals surface area contributed by atoms with Crippen molar-refractivity contribution in [2.75, 3.05) is 50.5 Å². The first kappa shape index (κ1) is 31.8. The predicted octanol–water partition coefficient (Wildman–Crippen LogP) is 2.88. The van der Waals surface area contributed by atoms with Gasteiger partial charge in [-0.25, -0.2) is 17.6 Å².